The van der Waals surface area contributed by atoms with E-state index in [1.54, 1.807) is 4.90 Å². The molecule has 98 valence electrons. The molecule has 0 aliphatic carbocycles. The van der Waals surface area contributed by atoms with Crippen molar-refractivity contribution in [2.75, 3.05) is 12.3 Å². The second kappa shape index (κ2) is 4.57. The highest BCUT2D eigenvalue weighted by atomic mass is 32.2. The van der Waals surface area contributed by atoms with Crippen LogP contribution in [0.15, 0.2) is 0 Å². The Morgan fingerprint density at radius 3 is 2.65 bits per heavy atom. The molecule has 0 aromatic heterocycles. The fraction of sp³-hybridized carbons (Fsp3) is 0.909. The first kappa shape index (κ1) is 12.8. The molecule has 0 spiro atoms. The minimum absolute atomic E-state index is 0.0436. The molecule has 2 aliphatic rings. The normalized spacial score (nSPS) is 36.7. The summed E-state index contributed by atoms with van der Waals surface area (Å²) < 4.78 is 23.5. The molecule has 0 aromatic carbocycles. The molecule has 2 aliphatic heterocycles. The highest BCUT2D eigenvalue weighted by Gasteiger charge is 2.40. The van der Waals surface area contributed by atoms with Gasteiger partial charge in [-0.05, 0) is 26.2 Å². The van der Waals surface area contributed by atoms with Crippen molar-refractivity contribution in [2.24, 2.45) is 0 Å². The van der Waals surface area contributed by atoms with Crippen LogP contribution < -0.4 is 5.32 Å². The van der Waals surface area contributed by atoms with Gasteiger partial charge in [0.15, 0.2) is 9.84 Å². The third-order valence-electron chi connectivity index (χ3n) is 3.76. The smallest absolute Gasteiger partial charge is 0.241 e. The predicted octanol–water partition coefficient (Wildman–Crippen LogP) is 0.120. The van der Waals surface area contributed by atoms with Crippen LogP contribution >= 0.6 is 0 Å². The van der Waals surface area contributed by atoms with E-state index in [-0.39, 0.29) is 29.1 Å². The Morgan fingerprint density at radius 2 is 2.18 bits per heavy atom. The van der Waals surface area contributed by atoms with Crippen LogP contribution in [0.4, 0.5) is 0 Å². The minimum atomic E-state index is -2.97. The van der Waals surface area contributed by atoms with Gasteiger partial charge in [-0.1, -0.05) is 6.92 Å². The third-order valence-corrected chi connectivity index (χ3v) is 6.02. The summed E-state index contributed by atoms with van der Waals surface area (Å²) in [5.74, 6) is 0.320. The summed E-state index contributed by atoms with van der Waals surface area (Å²) in [6.45, 7) is 4.22. The van der Waals surface area contributed by atoms with Crippen LogP contribution in [0, 0.1) is 0 Å². The predicted molar refractivity (Wildman–Crippen MR) is 65.2 cm³/mol. The standard InChI is InChI=1S/C11H20N2O3S/c1-3-10-11(14)13(8(2)12-10)7-9-5-4-6-17(9,15)16/h8-10,12H,3-7H2,1-2H3. The lowest BCUT2D eigenvalue weighted by atomic mass is 10.2. The van der Waals surface area contributed by atoms with Crippen LogP contribution in [-0.4, -0.2) is 49.0 Å². The van der Waals surface area contributed by atoms with Gasteiger partial charge in [0, 0.05) is 6.54 Å². The van der Waals surface area contributed by atoms with E-state index >= 15 is 0 Å². The Hall–Kier alpha value is -0.620. The second-order valence-electron chi connectivity index (χ2n) is 4.93. The molecule has 0 aromatic rings. The number of nitrogens with one attached hydrogen (secondary N) is 1. The average Bonchev–Trinajstić information content (AvgIpc) is 2.72. The first-order valence-electron chi connectivity index (χ1n) is 6.24. The molecular weight excluding hydrogens is 240 g/mol. The van der Waals surface area contributed by atoms with E-state index in [0.29, 0.717) is 13.0 Å². The Labute approximate surface area is 102 Å². The fourth-order valence-corrected chi connectivity index (χ4v) is 4.48. The number of sulfone groups is 1. The van der Waals surface area contributed by atoms with Crippen molar-refractivity contribution in [1.29, 1.82) is 0 Å². The number of carbonyl (C=O) groups excluding carboxylic acids is 1. The van der Waals surface area contributed by atoms with Gasteiger partial charge in [0.05, 0.1) is 23.2 Å². The SMILES string of the molecule is CCC1NC(C)N(CC2CCCS2(=O)=O)C1=O. The van der Waals surface area contributed by atoms with Crippen molar-refractivity contribution in [3.8, 4) is 0 Å². The van der Waals surface area contributed by atoms with Gasteiger partial charge in [-0.2, -0.15) is 0 Å². The van der Waals surface area contributed by atoms with E-state index in [4.69, 9.17) is 0 Å². The Bertz CT molecular complexity index is 407. The lowest BCUT2D eigenvalue weighted by molar-refractivity contribution is -0.129. The molecular formula is C11H20N2O3S. The summed E-state index contributed by atoms with van der Waals surface area (Å²) in [4.78, 5) is 13.7. The van der Waals surface area contributed by atoms with Crippen LogP contribution in [0.5, 0.6) is 0 Å². The molecule has 0 radical (unpaired) electrons. The van der Waals surface area contributed by atoms with Gasteiger partial charge in [0.1, 0.15) is 0 Å². The number of carbonyl (C=O) groups is 1. The zero-order valence-corrected chi connectivity index (χ0v) is 11.2. The van der Waals surface area contributed by atoms with Gasteiger partial charge in [-0.3, -0.25) is 10.1 Å². The van der Waals surface area contributed by atoms with Gasteiger partial charge in [0.25, 0.3) is 0 Å². The summed E-state index contributed by atoms with van der Waals surface area (Å²) in [7, 11) is -2.97. The van der Waals surface area contributed by atoms with Gasteiger partial charge in [-0.25, -0.2) is 8.42 Å². The molecule has 1 amide bonds. The Kier molecular flexibility index (Phi) is 3.45. The fourth-order valence-electron chi connectivity index (χ4n) is 2.67. The molecule has 2 saturated heterocycles. The summed E-state index contributed by atoms with van der Waals surface area (Å²) in [5, 5.41) is 2.83. The maximum atomic E-state index is 12.0. The van der Waals surface area contributed by atoms with Gasteiger partial charge in [-0.15, -0.1) is 0 Å². The second-order valence-corrected chi connectivity index (χ2v) is 7.33. The van der Waals surface area contributed by atoms with Gasteiger partial charge in [0.2, 0.25) is 5.91 Å². The molecule has 1 N–H and O–H groups in total. The quantitative estimate of drug-likeness (QED) is 0.783. The Morgan fingerprint density at radius 1 is 1.47 bits per heavy atom. The van der Waals surface area contributed by atoms with Crippen molar-refractivity contribution in [3.05, 3.63) is 0 Å². The highest BCUT2D eigenvalue weighted by Crippen LogP contribution is 2.23. The van der Waals surface area contributed by atoms with Crippen molar-refractivity contribution < 1.29 is 13.2 Å². The molecule has 2 heterocycles. The van der Waals surface area contributed by atoms with Gasteiger partial charge < -0.3 is 4.90 Å². The first-order valence-corrected chi connectivity index (χ1v) is 7.95. The zero-order chi connectivity index (χ0) is 12.6. The zero-order valence-electron chi connectivity index (χ0n) is 10.3. The number of rotatable bonds is 3. The largest absolute Gasteiger partial charge is 0.325 e. The van der Waals surface area contributed by atoms with Gasteiger partial charge >= 0.3 is 0 Å². The van der Waals surface area contributed by atoms with E-state index in [1.165, 1.54) is 0 Å². The molecule has 3 atom stereocenters. The first-order chi connectivity index (χ1) is 7.95. The lowest BCUT2D eigenvalue weighted by Crippen LogP contribution is -2.41. The maximum Gasteiger partial charge on any atom is 0.241 e. The van der Waals surface area contributed by atoms with Crippen LogP contribution in [0.1, 0.15) is 33.1 Å². The van der Waals surface area contributed by atoms with Crippen LogP contribution in [0.2, 0.25) is 0 Å². The molecule has 5 nitrogen and oxygen atoms in total. The van der Waals surface area contributed by atoms with E-state index in [1.807, 2.05) is 13.8 Å². The summed E-state index contributed by atoms with van der Waals surface area (Å²) in [5.41, 5.74) is 0. The summed E-state index contributed by atoms with van der Waals surface area (Å²) in [6, 6.07) is -0.144. The van der Waals surface area contributed by atoms with Crippen molar-refractivity contribution in [2.45, 2.75) is 50.6 Å². The van der Waals surface area contributed by atoms with E-state index in [2.05, 4.69) is 5.32 Å². The van der Waals surface area contributed by atoms with Crippen molar-refractivity contribution in [1.82, 2.24) is 10.2 Å². The highest BCUT2D eigenvalue weighted by molar-refractivity contribution is 7.92. The number of amides is 1. The molecule has 3 unspecified atom stereocenters. The van der Waals surface area contributed by atoms with Crippen molar-refractivity contribution in [3.63, 3.8) is 0 Å². The number of hydrogen-bond acceptors (Lipinski definition) is 4. The molecule has 0 saturated carbocycles. The molecule has 2 fully saturated rings. The van der Waals surface area contributed by atoms with E-state index < -0.39 is 9.84 Å². The topological polar surface area (TPSA) is 66.5 Å². The summed E-state index contributed by atoms with van der Waals surface area (Å²) >= 11 is 0. The number of hydrogen-bond donors (Lipinski definition) is 1. The lowest BCUT2D eigenvalue weighted by Gasteiger charge is -2.23. The van der Waals surface area contributed by atoms with Crippen molar-refractivity contribution >= 4 is 15.7 Å². The molecule has 0 bridgehead atoms. The van der Waals surface area contributed by atoms with E-state index in [0.717, 1.165) is 12.8 Å². The molecule has 2 rings (SSSR count). The molecule has 6 heteroatoms. The van der Waals surface area contributed by atoms with Crippen LogP contribution in [0.25, 0.3) is 0 Å². The average molecular weight is 260 g/mol. The monoisotopic (exact) mass is 260 g/mol. The Balaban J connectivity index is 2.07. The molecule has 17 heavy (non-hydrogen) atoms. The maximum absolute atomic E-state index is 12.0. The minimum Gasteiger partial charge on any atom is -0.325 e. The third kappa shape index (κ3) is 2.33. The van der Waals surface area contributed by atoms with Crippen LogP contribution in [-0.2, 0) is 14.6 Å². The van der Waals surface area contributed by atoms with E-state index in [9.17, 15) is 13.2 Å². The van der Waals surface area contributed by atoms with Crippen LogP contribution in [0.3, 0.4) is 0 Å². The summed E-state index contributed by atoms with van der Waals surface area (Å²) in [6.07, 6.45) is 2.11. The number of nitrogens with zero attached hydrogens (tertiary/aromatic N) is 1.